The first-order valence-corrected chi connectivity index (χ1v) is 27.7. The van der Waals surface area contributed by atoms with Gasteiger partial charge >= 0.3 is 11.9 Å². The van der Waals surface area contributed by atoms with Gasteiger partial charge in [-0.25, -0.2) is 14.8 Å². The first kappa shape index (κ1) is 66.3. The number of carbonyl (C=O) groups is 10. The van der Waals surface area contributed by atoms with Crippen molar-refractivity contribution in [3.05, 3.63) is 132 Å². The Balaban J connectivity index is 1.27. The molecule has 0 saturated heterocycles. The average molecular weight is 1220 g/mol. The van der Waals surface area contributed by atoms with Gasteiger partial charge in [0.2, 0.25) is 47.3 Å². The highest BCUT2D eigenvalue weighted by Crippen LogP contribution is 2.20. The Morgan fingerprint density at radius 3 is 1.49 bits per heavy atom. The molecule has 0 spiro atoms. The van der Waals surface area contributed by atoms with Crippen molar-refractivity contribution >= 4 is 76.1 Å². The van der Waals surface area contributed by atoms with Gasteiger partial charge in [0.25, 0.3) is 0 Å². The predicted molar refractivity (Wildman–Crippen MR) is 315 cm³/mol. The molecule has 6 rings (SSSR count). The summed E-state index contributed by atoms with van der Waals surface area (Å²) in [7, 11) is 0. The third kappa shape index (κ3) is 20.7. The summed E-state index contributed by atoms with van der Waals surface area (Å²) < 4.78 is 0. The Morgan fingerprint density at radius 1 is 0.534 bits per heavy atom. The van der Waals surface area contributed by atoms with Crippen molar-refractivity contribution in [2.24, 2.45) is 22.2 Å². The average Bonchev–Trinajstić information content (AvgIpc) is 4.36. The fourth-order valence-corrected chi connectivity index (χ4v) is 9.13. The number of hydrogen-bond donors (Lipinski definition) is 18. The number of benzene rings is 3. The Labute approximate surface area is 502 Å². The molecule has 0 radical (unpaired) electrons. The lowest BCUT2D eigenvalue weighted by Gasteiger charge is -2.28. The van der Waals surface area contributed by atoms with E-state index in [2.05, 4.69) is 72.4 Å². The van der Waals surface area contributed by atoms with E-state index in [1.54, 1.807) is 30.5 Å². The predicted octanol–water partition coefficient (Wildman–Crippen LogP) is -2.60. The van der Waals surface area contributed by atoms with Gasteiger partial charge in [0, 0.05) is 86.0 Å². The molecule has 3 heterocycles. The van der Waals surface area contributed by atoms with Crippen LogP contribution in [0.15, 0.2) is 109 Å². The largest absolute Gasteiger partial charge is 0.508 e. The van der Waals surface area contributed by atoms with Crippen LogP contribution in [0, 0.1) is 0 Å². The number of phenols is 2. The van der Waals surface area contributed by atoms with Crippen LogP contribution in [0.5, 0.6) is 11.5 Å². The highest BCUT2D eigenvalue weighted by atomic mass is 16.4. The quantitative estimate of drug-likeness (QED) is 0.0112. The number of aliphatic imine (C=N–C) groups is 1. The second kappa shape index (κ2) is 32.4. The number of nitrogens with one attached hydrogen (secondary N) is 11. The summed E-state index contributed by atoms with van der Waals surface area (Å²) in [6, 6.07) is 6.29. The number of aromatic amines is 3. The number of guanidine groups is 1. The molecule has 0 bridgehead atoms. The standard InChI is InChI=1S/C57H71N17O14/c1-30(49(80)74-46(56(87)88)23-35-27-62-29-66-35)67-52(83)44(21-33-25-64-39-6-3-2-5-38(33)39)72-50(81)40(7-4-18-63-57(59)60)69-51(82)41(16-17-48(78)79)70-54(85)43(20-32-10-14-37(76)15-11-32)71-55(86)45(22-34-26-61-28-65-34)73-53(84)42(68-47(77)24-58)19-31-8-12-36(75)13-9-31/h2-3,5-6,8-15,25-30,40-46,64,75-76H,4,7,16-24,58H2,1H3,(H,61,65)(H,62,66)(H,67,83)(H,68,77)(H,69,82)(H,70,85)(H,71,86)(H,72,81)(H,73,84)(H,74,80)(H,78,79)(H,87,88)(H4,59,60,63)/t30-,40-,41-,42-,43-,44-,45-,46-/m0/s1. The van der Waals surface area contributed by atoms with Gasteiger partial charge in [-0.2, -0.15) is 0 Å². The number of amides is 8. The van der Waals surface area contributed by atoms with E-state index in [0.717, 1.165) is 0 Å². The molecule has 31 nitrogen and oxygen atoms in total. The second-order valence-electron chi connectivity index (χ2n) is 20.5. The SMILES string of the molecule is C[C@H](NC(=O)[C@H](Cc1c[nH]c2ccccc12)NC(=O)[C@H](CCCN=C(N)N)NC(=O)[C@H](CCC(=O)O)NC(=O)[C@H](Cc1ccc(O)cc1)NC(=O)[C@H](Cc1cnc[nH]1)NC(=O)[C@H](Cc1ccc(O)cc1)NC(=O)CN)C(=O)N[C@@H](Cc1cnc[nH]1)C(=O)O. The number of rotatable bonds is 34. The van der Waals surface area contributed by atoms with Crippen LogP contribution in [0.2, 0.25) is 0 Å². The number of carbonyl (C=O) groups excluding carboxylic acids is 8. The number of nitrogens with two attached hydrogens (primary N) is 3. The number of nitrogens with zero attached hydrogens (tertiary/aromatic N) is 3. The summed E-state index contributed by atoms with van der Waals surface area (Å²) in [6.45, 7) is 0.744. The summed E-state index contributed by atoms with van der Waals surface area (Å²) in [5.74, 6) is -10.7. The van der Waals surface area contributed by atoms with Crippen LogP contribution in [-0.4, -0.2) is 172 Å². The summed E-state index contributed by atoms with van der Waals surface area (Å²) in [5.41, 5.74) is 19.6. The summed E-state index contributed by atoms with van der Waals surface area (Å²) >= 11 is 0. The van der Waals surface area contributed by atoms with Gasteiger partial charge in [0.1, 0.15) is 59.8 Å². The van der Waals surface area contributed by atoms with E-state index in [0.29, 0.717) is 39.0 Å². The number of carboxylic acid groups (broad SMARTS) is 2. The topological polar surface area (TPSA) is 511 Å². The van der Waals surface area contributed by atoms with Crippen LogP contribution in [0.4, 0.5) is 0 Å². The molecule has 6 aromatic rings. The molecule has 8 atom stereocenters. The van der Waals surface area contributed by atoms with Crippen LogP contribution in [0.1, 0.15) is 60.7 Å². The molecule has 88 heavy (non-hydrogen) atoms. The smallest absolute Gasteiger partial charge is 0.326 e. The summed E-state index contributed by atoms with van der Waals surface area (Å²) in [6.07, 6.45) is 4.46. The number of phenolic OH excluding ortho intramolecular Hbond substituents is 2. The third-order valence-electron chi connectivity index (χ3n) is 13.8. The van der Waals surface area contributed by atoms with Crippen LogP contribution in [0.25, 0.3) is 10.9 Å². The highest BCUT2D eigenvalue weighted by Gasteiger charge is 2.35. The molecule has 8 amide bonds. The van der Waals surface area contributed by atoms with Crippen molar-refractivity contribution < 1.29 is 68.4 Å². The molecule has 31 heteroatoms. The van der Waals surface area contributed by atoms with Crippen LogP contribution in [-0.2, 0) is 80.0 Å². The minimum Gasteiger partial charge on any atom is -0.508 e. The number of carboxylic acids is 2. The van der Waals surface area contributed by atoms with E-state index in [-0.39, 0.29) is 68.9 Å². The normalized spacial score (nSPS) is 13.8. The molecule has 3 aromatic heterocycles. The highest BCUT2D eigenvalue weighted by molar-refractivity contribution is 5.98. The lowest BCUT2D eigenvalue weighted by atomic mass is 10.0. The molecule has 3 aromatic carbocycles. The minimum absolute atomic E-state index is 0.0240. The Kier molecular flexibility index (Phi) is 24.4. The first-order chi connectivity index (χ1) is 42.0. The third-order valence-corrected chi connectivity index (χ3v) is 13.8. The van der Waals surface area contributed by atoms with Crippen molar-refractivity contribution in [2.75, 3.05) is 13.1 Å². The van der Waals surface area contributed by atoms with E-state index in [4.69, 9.17) is 17.2 Å². The Bertz CT molecular complexity index is 3390. The summed E-state index contributed by atoms with van der Waals surface area (Å²) in [4.78, 5) is 158. The van der Waals surface area contributed by atoms with Gasteiger partial charge < -0.3 is 95.1 Å². The number of imidazole rings is 2. The fourth-order valence-electron chi connectivity index (χ4n) is 9.13. The van der Waals surface area contributed by atoms with Crippen molar-refractivity contribution in [2.45, 2.75) is 113 Å². The molecule has 468 valence electrons. The van der Waals surface area contributed by atoms with Gasteiger partial charge in [0.15, 0.2) is 5.96 Å². The molecule has 0 saturated carbocycles. The van der Waals surface area contributed by atoms with E-state index < -0.39 is 127 Å². The fraction of sp³-hybridized carbons (Fsp3) is 0.351. The zero-order valence-electron chi connectivity index (χ0n) is 47.7. The molecule has 0 aliphatic heterocycles. The van der Waals surface area contributed by atoms with Crippen LogP contribution >= 0.6 is 0 Å². The second-order valence-corrected chi connectivity index (χ2v) is 20.5. The number of aliphatic carboxylic acids is 2. The van der Waals surface area contributed by atoms with Gasteiger partial charge in [-0.1, -0.05) is 42.5 Å². The van der Waals surface area contributed by atoms with Gasteiger partial charge in [0.05, 0.1) is 19.2 Å². The maximum absolute atomic E-state index is 14.7. The number of aromatic hydroxyl groups is 2. The molecular formula is C57H71N17O14. The van der Waals surface area contributed by atoms with Crippen LogP contribution < -0.4 is 59.7 Å². The van der Waals surface area contributed by atoms with Crippen molar-refractivity contribution in [3.8, 4) is 11.5 Å². The number of hydrogen-bond acceptors (Lipinski definition) is 16. The van der Waals surface area contributed by atoms with Crippen molar-refractivity contribution in [1.82, 2.24) is 67.5 Å². The molecule has 0 unspecified atom stereocenters. The molecular weight excluding hydrogens is 1150 g/mol. The lowest BCUT2D eigenvalue weighted by molar-refractivity contribution is -0.142. The zero-order valence-corrected chi connectivity index (χ0v) is 47.7. The maximum atomic E-state index is 14.7. The first-order valence-electron chi connectivity index (χ1n) is 27.7. The molecule has 0 fully saturated rings. The zero-order chi connectivity index (χ0) is 63.9. The van der Waals surface area contributed by atoms with E-state index in [1.165, 1.54) is 80.5 Å². The monoisotopic (exact) mass is 1220 g/mol. The lowest BCUT2D eigenvalue weighted by Crippen LogP contribution is -2.61. The van der Waals surface area contributed by atoms with E-state index >= 15 is 0 Å². The van der Waals surface area contributed by atoms with Crippen molar-refractivity contribution in [3.63, 3.8) is 0 Å². The minimum atomic E-state index is -1.75. The van der Waals surface area contributed by atoms with Gasteiger partial charge in [-0.05, 0) is 73.2 Å². The molecule has 0 aliphatic carbocycles. The molecule has 21 N–H and O–H groups in total. The number of fused-ring (bicyclic) bond motifs is 1. The van der Waals surface area contributed by atoms with Gasteiger partial charge in [-0.15, -0.1) is 0 Å². The maximum Gasteiger partial charge on any atom is 0.326 e. The Hall–Kier alpha value is -10.8. The number of H-pyrrole nitrogens is 3. The van der Waals surface area contributed by atoms with Crippen molar-refractivity contribution in [1.29, 1.82) is 0 Å². The number of aromatic nitrogens is 5. The summed E-state index contributed by atoms with van der Waals surface area (Å²) in [5, 5.41) is 60.8. The van der Waals surface area contributed by atoms with Crippen LogP contribution in [0.3, 0.4) is 0 Å². The Morgan fingerprint density at radius 2 is 0.989 bits per heavy atom. The van der Waals surface area contributed by atoms with Gasteiger partial charge in [-0.3, -0.25) is 48.1 Å². The van der Waals surface area contributed by atoms with E-state index in [1.807, 2.05) is 0 Å². The number of para-hydroxylation sites is 1. The van der Waals surface area contributed by atoms with E-state index in [9.17, 15) is 68.4 Å². The molecule has 0 aliphatic rings.